The second kappa shape index (κ2) is 6.14. The van der Waals surface area contributed by atoms with Crippen molar-refractivity contribution in [3.05, 3.63) is 26.9 Å². The third kappa shape index (κ3) is 3.99. The molecule has 0 aliphatic carbocycles. The van der Waals surface area contributed by atoms with Gasteiger partial charge in [0, 0.05) is 23.3 Å². The topological polar surface area (TPSA) is 94.4 Å². The molecule has 17 heavy (non-hydrogen) atoms. The van der Waals surface area contributed by atoms with Gasteiger partial charge in [-0.15, -0.1) is 0 Å². The molecule has 1 heterocycles. The first-order valence-corrected chi connectivity index (χ1v) is 5.44. The fourth-order valence-corrected chi connectivity index (χ4v) is 1.41. The highest BCUT2D eigenvalue weighted by atomic mass is 79.9. The van der Waals surface area contributed by atoms with Crippen LogP contribution in [0.4, 0.5) is 11.5 Å². The molecule has 0 fully saturated rings. The van der Waals surface area contributed by atoms with Gasteiger partial charge in [0.1, 0.15) is 0 Å². The van der Waals surface area contributed by atoms with E-state index < -0.39 is 10.9 Å². The monoisotopic (exact) mass is 303 g/mol. The lowest BCUT2D eigenvalue weighted by Crippen LogP contribution is -2.11. The number of carbonyl (C=O) groups excluding carboxylic acids is 1. The van der Waals surface area contributed by atoms with Gasteiger partial charge in [0.25, 0.3) is 0 Å². The first kappa shape index (κ1) is 13.4. The Morgan fingerprint density at radius 1 is 1.71 bits per heavy atom. The fraction of sp³-hybridized carbons (Fsp3) is 0.333. The molecule has 0 saturated carbocycles. The number of aromatic nitrogens is 1. The molecule has 0 aliphatic heterocycles. The first-order chi connectivity index (χ1) is 8.04. The fourth-order valence-electron chi connectivity index (χ4n) is 1.09. The minimum absolute atomic E-state index is 0.116. The van der Waals surface area contributed by atoms with Crippen molar-refractivity contribution >= 4 is 33.4 Å². The third-order valence-electron chi connectivity index (χ3n) is 1.88. The van der Waals surface area contributed by atoms with Crippen LogP contribution in [-0.4, -0.2) is 29.5 Å². The number of hydrogen-bond acceptors (Lipinski definition) is 6. The van der Waals surface area contributed by atoms with Gasteiger partial charge in [0.15, 0.2) is 0 Å². The predicted octanol–water partition coefficient (Wildman–Crippen LogP) is 1.73. The standard InChI is InChI=1S/C9H10BrN3O4/c1-17-8(14)2-3-11-9-7(13(15)16)4-6(10)5-12-9/h4-5H,2-3H2,1H3,(H,11,12). The Hall–Kier alpha value is -1.70. The molecule has 0 aromatic carbocycles. The number of methoxy groups -OCH3 is 1. The van der Waals surface area contributed by atoms with Crippen LogP contribution in [0.15, 0.2) is 16.7 Å². The van der Waals surface area contributed by atoms with Crippen molar-refractivity contribution in [1.82, 2.24) is 4.98 Å². The van der Waals surface area contributed by atoms with Crippen LogP contribution in [0.25, 0.3) is 0 Å². The summed E-state index contributed by atoms with van der Waals surface area (Å²) in [6, 6.07) is 1.34. The number of carbonyl (C=O) groups is 1. The van der Waals surface area contributed by atoms with E-state index in [9.17, 15) is 14.9 Å². The minimum Gasteiger partial charge on any atom is -0.469 e. The molecular formula is C9H10BrN3O4. The van der Waals surface area contributed by atoms with E-state index in [-0.39, 0.29) is 24.5 Å². The Labute approximate surface area is 105 Å². The number of ether oxygens (including phenoxy) is 1. The number of nitrogens with one attached hydrogen (secondary N) is 1. The molecular weight excluding hydrogens is 294 g/mol. The lowest BCUT2D eigenvalue weighted by molar-refractivity contribution is -0.384. The molecule has 8 heteroatoms. The van der Waals surface area contributed by atoms with Gasteiger partial charge in [-0.1, -0.05) is 0 Å². The van der Waals surface area contributed by atoms with Crippen molar-refractivity contribution in [1.29, 1.82) is 0 Å². The summed E-state index contributed by atoms with van der Waals surface area (Å²) < 4.78 is 4.96. The average Bonchev–Trinajstić information content (AvgIpc) is 2.30. The van der Waals surface area contributed by atoms with Crippen molar-refractivity contribution in [3.63, 3.8) is 0 Å². The molecule has 1 N–H and O–H groups in total. The van der Waals surface area contributed by atoms with E-state index in [0.29, 0.717) is 4.47 Å². The second-order valence-corrected chi connectivity index (χ2v) is 3.95. The van der Waals surface area contributed by atoms with Crippen LogP contribution in [0, 0.1) is 10.1 Å². The molecule has 0 saturated heterocycles. The van der Waals surface area contributed by atoms with Crippen LogP contribution in [0.3, 0.4) is 0 Å². The molecule has 1 aromatic rings. The van der Waals surface area contributed by atoms with E-state index in [4.69, 9.17) is 0 Å². The Kier molecular flexibility index (Phi) is 4.83. The quantitative estimate of drug-likeness (QED) is 0.506. The minimum atomic E-state index is -0.543. The van der Waals surface area contributed by atoms with Crippen molar-refractivity contribution in [2.24, 2.45) is 0 Å². The van der Waals surface area contributed by atoms with Crippen LogP contribution < -0.4 is 5.32 Å². The molecule has 0 unspecified atom stereocenters. The summed E-state index contributed by atoms with van der Waals surface area (Å²) in [5.74, 6) is -0.264. The molecule has 0 spiro atoms. The normalized spacial score (nSPS) is 9.76. The molecule has 0 bridgehead atoms. The molecule has 0 atom stereocenters. The van der Waals surface area contributed by atoms with Gasteiger partial charge in [-0.3, -0.25) is 14.9 Å². The summed E-state index contributed by atoms with van der Waals surface area (Å²) in [5, 5.41) is 13.5. The lowest BCUT2D eigenvalue weighted by atomic mass is 10.3. The van der Waals surface area contributed by atoms with Crippen molar-refractivity contribution < 1.29 is 14.5 Å². The number of anilines is 1. The number of pyridine rings is 1. The van der Waals surface area contributed by atoms with E-state index in [1.165, 1.54) is 19.4 Å². The number of nitro groups is 1. The van der Waals surface area contributed by atoms with Gasteiger partial charge in [-0.05, 0) is 15.9 Å². The number of nitrogens with zero attached hydrogens (tertiary/aromatic N) is 2. The van der Waals surface area contributed by atoms with Crippen molar-refractivity contribution in [3.8, 4) is 0 Å². The summed E-state index contributed by atoms with van der Waals surface area (Å²) in [6.45, 7) is 0.224. The highest BCUT2D eigenvalue weighted by Crippen LogP contribution is 2.24. The van der Waals surface area contributed by atoms with Crippen molar-refractivity contribution in [2.45, 2.75) is 6.42 Å². The highest BCUT2D eigenvalue weighted by Gasteiger charge is 2.15. The van der Waals surface area contributed by atoms with E-state index in [1.807, 2.05) is 0 Å². The third-order valence-corrected chi connectivity index (χ3v) is 2.31. The lowest BCUT2D eigenvalue weighted by Gasteiger charge is -2.05. The van der Waals surface area contributed by atoms with Gasteiger partial charge >= 0.3 is 11.7 Å². The van der Waals surface area contributed by atoms with Crippen LogP contribution in [0.1, 0.15) is 6.42 Å². The SMILES string of the molecule is COC(=O)CCNc1ncc(Br)cc1[N+](=O)[O-]. The maximum absolute atomic E-state index is 10.9. The maximum atomic E-state index is 10.9. The predicted molar refractivity (Wildman–Crippen MR) is 63.7 cm³/mol. The Balaban J connectivity index is 2.70. The Morgan fingerprint density at radius 2 is 2.41 bits per heavy atom. The summed E-state index contributed by atoms with van der Waals surface area (Å²) in [7, 11) is 1.28. The zero-order valence-electron chi connectivity index (χ0n) is 8.97. The smallest absolute Gasteiger partial charge is 0.312 e. The Morgan fingerprint density at radius 3 is 3.00 bits per heavy atom. The van der Waals surface area contributed by atoms with Gasteiger partial charge in [-0.25, -0.2) is 4.98 Å². The Bertz CT molecular complexity index is 438. The van der Waals surface area contributed by atoms with Gasteiger partial charge in [0.05, 0.1) is 18.5 Å². The largest absolute Gasteiger partial charge is 0.469 e. The molecule has 7 nitrogen and oxygen atoms in total. The van der Waals surface area contributed by atoms with E-state index in [2.05, 4.69) is 31.0 Å². The summed E-state index contributed by atoms with van der Waals surface area (Å²) in [5.41, 5.74) is -0.149. The van der Waals surface area contributed by atoms with Crippen LogP contribution in [0.2, 0.25) is 0 Å². The van der Waals surface area contributed by atoms with Gasteiger partial charge < -0.3 is 10.1 Å². The van der Waals surface area contributed by atoms with Crippen LogP contribution in [0.5, 0.6) is 0 Å². The summed E-state index contributed by atoms with van der Waals surface area (Å²) >= 11 is 3.10. The molecule has 92 valence electrons. The van der Waals surface area contributed by atoms with Crippen molar-refractivity contribution in [2.75, 3.05) is 19.0 Å². The first-order valence-electron chi connectivity index (χ1n) is 4.65. The summed E-state index contributed by atoms with van der Waals surface area (Å²) in [4.78, 5) is 24.9. The van der Waals surface area contributed by atoms with E-state index in [1.54, 1.807) is 0 Å². The van der Waals surface area contributed by atoms with Crippen LogP contribution >= 0.6 is 15.9 Å². The highest BCUT2D eigenvalue weighted by molar-refractivity contribution is 9.10. The van der Waals surface area contributed by atoms with Gasteiger partial charge in [0.2, 0.25) is 5.82 Å². The molecule has 1 aromatic heterocycles. The second-order valence-electron chi connectivity index (χ2n) is 3.03. The van der Waals surface area contributed by atoms with Gasteiger partial charge in [-0.2, -0.15) is 0 Å². The summed E-state index contributed by atoms with van der Waals surface area (Å²) in [6.07, 6.45) is 1.55. The van der Waals surface area contributed by atoms with E-state index >= 15 is 0 Å². The number of rotatable bonds is 5. The zero-order chi connectivity index (χ0) is 12.8. The number of hydrogen-bond donors (Lipinski definition) is 1. The van der Waals surface area contributed by atoms with Crippen LogP contribution in [-0.2, 0) is 9.53 Å². The molecule has 0 amide bonds. The number of esters is 1. The van der Waals surface area contributed by atoms with E-state index in [0.717, 1.165) is 0 Å². The zero-order valence-corrected chi connectivity index (χ0v) is 10.6. The maximum Gasteiger partial charge on any atom is 0.312 e. The molecule has 0 radical (unpaired) electrons. The molecule has 0 aliphatic rings. The number of halogens is 1. The average molecular weight is 304 g/mol. The molecule has 1 rings (SSSR count).